The van der Waals surface area contributed by atoms with Gasteiger partial charge in [-0.2, -0.15) is 0 Å². The molecule has 0 saturated heterocycles. The van der Waals surface area contributed by atoms with Crippen molar-refractivity contribution in [2.45, 2.75) is 6.92 Å². The summed E-state index contributed by atoms with van der Waals surface area (Å²) in [7, 11) is 0. The molecule has 0 bridgehead atoms. The number of hydrogen-bond donors (Lipinski definition) is 0. The number of rotatable bonds is 1. The van der Waals surface area contributed by atoms with Crippen molar-refractivity contribution in [3.63, 3.8) is 0 Å². The van der Waals surface area contributed by atoms with Crippen LogP contribution in [-0.2, 0) is 24.2 Å². The number of fused-ring (bicyclic) bond motifs is 1. The van der Waals surface area contributed by atoms with Crippen LogP contribution in [0.5, 0.6) is 0 Å². The second-order valence-electron chi connectivity index (χ2n) is 3.19. The zero-order valence-corrected chi connectivity index (χ0v) is 10.00. The maximum absolute atomic E-state index is 2.26. The van der Waals surface area contributed by atoms with Crippen molar-refractivity contribution in [2.24, 2.45) is 0 Å². The Hall–Kier alpha value is -0.547. The Bertz CT molecular complexity index is 457. The van der Waals surface area contributed by atoms with E-state index >= 15 is 0 Å². The molecule has 0 atom stereocenters. The van der Waals surface area contributed by atoms with Crippen LogP contribution >= 0.6 is 0 Å². The van der Waals surface area contributed by atoms with Gasteiger partial charge in [0.25, 0.3) is 0 Å². The summed E-state index contributed by atoms with van der Waals surface area (Å²) in [5.41, 5.74) is 1.37. The summed E-state index contributed by atoms with van der Waals surface area (Å²) in [6.07, 6.45) is 0. The predicted molar refractivity (Wildman–Crippen MR) is 53.7 cm³/mol. The fourth-order valence-corrected chi connectivity index (χ4v) is 1.80. The normalized spacial score (nSPS) is 10.4. The van der Waals surface area contributed by atoms with Crippen LogP contribution in [0, 0.1) is 0 Å². The van der Waals surface area contributed by atoms with E-state index in [1.165, 1.54) is 43.8 Å². The first-order valence-corrected chi connectivity index (χ1v) is 5.54. The van der Waals surface area contributed by atoms with Crippen LogP contribution < -0.4 is 0 Å². The van der Waals surface area contributed by atoms with Gasteiger partial charge in [-0.25, -0.2) is 0 Å². The second-order valence-corrected chi connectivity index (χ2v) is 5.03. The molecule has 0 nitrogen and oxygen atoms in total. The van der Waals surface area contributed by atoms with Gasteiger partial charge >= 0.3 is 93.2 Å². The first-order valence-electron chi connectivity index (χ1n) is 4.32. The SMILES string of the molecule is C[C](=[Zr+2])c1ccc2ccccc2c1. The average Bonchev–Trinajstić information content (AvgIpc) is 2.17. The third kappa shape index (κ3) is 1.86. The Kier molecular flexibility index (Phi) is 2.55. The molecule has 0 aliphatic heterocycles. The zero-order valence-electron chi connectivity index (χ0n) is 7.54. The van der Waals surface area contributed by atoms with E-state index < -0.39 is 0 Å². The van der Waals surface area contributed by atoms with Gasteiger partial charge in [0.1, 0.15) is 0 Å². The van der Waals surface area contributed by atoms with E-state index in [0.717, 1.165) is 0 Å². The molecule has 0 heterocycles. The Balaban J connectivity index is 2.69. The van der Waals surface area contributed by atoms with E-state index in [-0.39, 0.29) is 0 Å². The maximum atomic E-state index is 2.26. The van der Waals surface area contributed by atoms with E-state index in [0.29, 0.717) is 0 Å². The fraction of sp³-hybridized carbons (Fsp3) is 0.0833. The molecule has 0 unspecified atom stereocenters. The molecule has 0 aliphatic rings. The van der Waals surface area contributed by atoms with Crippen LogP contribution in [0.1, 0.15) is 12.5 Å². The van der Waals surface area contributed by atoms with Crippen LogP contribution in [0.25, 0.3) is 10.8 Å². The molecule has 0 radical (unpaired) electrons. The summed E-state index contributed by atoms with van der Waals surface area (Å²) in [5.74, 6) is 0. The third-order valence-corrected chi connectivity index (χ3v) is 2.89. The van der Waals surface area contributed by atoms with Crippen molar-refractivity contribution in [3.05, 3.63) is 48.0 Å². The van der Waals surface area contributed by atoms with E-state index in [2.05, 4.69) is 49.4 Å². The molecule has 1 heteroatoms. The third-order valence-electron chi connectivity index (χ3n) is 2.18. The molecule has 2 aromatic carbocycles. The van der Waals surface area contributed by atoms with Gasteiger partial charge in [0.15, 0.2) is 0 Å². The van der Waals surface area contributed by atoms with Gasteiger partial charge in [-0.15, -0.1) is 0 Å². The summed E-state index contributed by atoms with van der Waals surface area (Å²) in [6.45, 7) is 2.18. The van der Waals surface area contributed by atoms with Gasteiger partial charge in [0.2, 0.25) is 0 Å². The van der Waals surface area contributed by atoms with Gasteiger partial charge in [-0.05, 0) is 0 Å². The number of benzene rings is 2. The minimum atomic E-state index is 1.32. The predicted octanol–water partition coefficient (Wildman–Crippen LogP) is 2.93. The molecule has 0 fully saturated rings. The molecule has 0 aliphatic carbocycles. The van der Waals surface area contributed by atoms with Crippen LogP contribution in [0.15, 0.2) is 42.5 Å². The standard InChI is InChI=1S/C12H10.Zr/c1-2-10-7-8-11-5-3-4-6-12(11)9-10;/h3-9H,1H3;/q;+2. The molecule has 2 aromatic rings. The monoisotopic (exact) mass is 244 g/mol. The summed E-state index contributed by atoms with van der Waals surface area (Å²) in [6, 6.07) is 15.1. The van der Waals surface area contributed by atoms with Gasteiger partial charge in [0.05, 0.1) is 0 Å². The van der Waals surface area contributed by atoms with Crippen LogP contribution in [-0.4, -0.2) is 3.21 Å². The molecule has 0 N–H and O–H groups in total. The summed E-state index contributed by atoms with van der Waals surface area (Å²) < 4.78 is 1.46. The summed E-state index contributed by atoms with van der Waals surface area (Å²) in [4.78, 5) is 0. The molecular formula is C12H10Zr+2. The molecule has 13 heavy (non-hydrogen) atoms. The molecule has 2 rings (SSSR count). The zero-order chi connectivity index (χ0) is 9.26. The van der Waals surface area contributed by atoms with Crippen LogP contribution in [0.2, 0.25) is 0 Å². The van der Waals surface area contributed by atoms with Crippen molar-refractivity contribution in [2.75, 3.05) is 0 Å². The first kappa shape index (κ1) is 9.03. The topological polar surface area (TPSA) is 0 Å². The Morgan fingerprint density at radius 1 is 1.00 bits per heavy atom. The summed E-state index contributed by atoms with van der Waals surface area (Å²) >= 11 is 1.50. The second kappa shape index (κ2) is 3.68. The minimum absolute atomic E-state index is 1.32. The Labute approximate surface area is 92.9 Å². The Morgan fingerprint density at radius 3 is 2.38 bits per heavy atom. The molecule has 0 spiro atoms. The van der Waals surface area contributed by atoms with Crippen LogP contribution in [0.3, 0.4) is 0 Å². The van der Waals surface area contributed by atoms with E-state index in [4.69, 9.17) is 0 Å². The van der Waals surface area contributed by atoms with Gasteiger partial charge in [0, 0.05) is 0 Å². The Morgan fingerprint density at radius 2 is 1.69 bits per heavy atom. The van der Waals surface area contributed by atoms with E-state index in [1.54, 1.807) is 0 Å². The molecular weight excluding hydrogens is 235 g/mol. The van der Waals surface area contributed by atoms with Gasteiger partial charge in [-0.3, -0.25) is 0 Å². The van der Waals surface area contributed by atoms with Crippen molar-refractivity contribution < 1.29 is 24.2 Å². The quantitative estimate of drug-likeness (QED) is 0.725. The molecule has 0 amide bonds. The van der Waals surface area contributed by atoms with E-state index in [9.17, 15) is 0 Å². The van der Waals surface area contributed by atoms with Crippen molar-refractivity contribution in [3.8, 4) is 0 Å². The van der Waals surface area contributed by atoms with Crippen LogP contribution in [0.4, 0.5) is 0 Å². The summed E-state index contributed by atoms with van der Waals surface area (Å²) in [5, 5.41) is 2.66. The van der Waals surface area contributed by atoms with Gasteiger partial charge < -0.3 is 0 Å². The average molecular weight is 245 g/mol. The van der Waals surface area contributed by atoms with Crippen molar-refractivity contribution in [1.29, 1.82) is 0 Å². The van der Waals surface area contributed by atoms with Crippen molar-refractivity contribution >= 4 is 14.0 Å². The number of hydrogen-bond acceptors (Lipinski definition) is 0. The van der Waals surface area contributed by atoms with E-state index in [1.807, 2.05) is 0 Å². The molecule has 0 aromatic heterocycles. The first-order chi connectivity index (χ1) is 6.27. The van der Waals surface area contributed by atoms with Gasteiger partial charge in [-0.1, -0.05) is 0 Å². The molecule has 0 saturated carbocycles. The fourth-order valence-electron chi connectivity index (χ4n) is 1.42. The van der Waals surface area contributed by atoms with Crippen molar-refractivity contribution in [1.82, 2.24) is 0 Å². The molecule has 60 valence electrons.